The van der Waals surface area contributed by atoms with E-state index in [1.54, 1.807) is 12.1 Å². The van der Waals surface area contributed by atoms with Gasteiger partial charge in [0.2, 0.25) is 0 Å². The maximum atomic E-state index is 12.8. The van der Waals surface area contributed by atoms with Gasteiger partial charge in [0.15, 0.2) is 6.61 Å². The Hall–Kier alpha value is -2.73. The fourth-order valence-corrected chi connectivity index (χ4v) is 2.61. The van der Waals surface area contributed by atoms with E-state index in [1.165, 1.54) is 0 Å². The van der Waals surface area contributed by atoms with Gasteiger partial charge in [-0.3, -0.25) is 4.79 Å². The second-order valence-electron chi connectivity index (χ2n) is 5.51. The predicted molar refractivity (Wildman–Crippen MR) is 94.5 cm³/mol. The highest BCUT2D eigenvalue weighted by molar-refractivity contribution is 6.33. The number of benzene rings is 3. The van der Waals surface area contributed by atoms with Gasteiger partial charge in [0, 0.05) is 5.39 Å². The van der Waals surface area contributed by atoms with Crippen molar-refractivity contribution in [3.63, 3.8) is 0 Å². The fraction of sp³-hybridized carbons (Fsp3) is 0.105. The lowest BCUT2D eigenvalue weighted by atomic mass is 10.1. The summed E-state index contributed by atoms with van der Waals surface area (Å²) in [6.45, 7) is -0.361. The van der Waals surface area contributed by atoms with E-state index in [1.807, 2.05) is 30.3 Å². The van der Waals surface area contributed by atoms with Crippen LogP contribution in [-0.4, -0.2) is 12.5 Å². The number of alkyl halides is 3. The largest absolute Gasteiger partial charge is 0.483 e. The number of rotatable bonds is 4. The smallest absolute Gasteiger partial charge is 0.416 e. The molecule has 0 unspecified atom stereocenters. The normalized spacial score (nSPS) is 11.4. The van der Waals surface area contributed by atoms with Gasteiger partial charge >= 0.3 is 6.18 Å². The van der Waals surface area contributed by atoms with Crippen LogP contribution in [0.1, 0.15) is 5.56 Å². The van der Waals surface area contributed by atoms with E-state index in [0.717, 1.165) is 29.0 Å². The summed E-state index contributed by atoms with van der Waals surface area (Å²) in [6.07, 6.45) is -4.52. The van der Waals surface area contributed by atoms with Crippen molar-refractivity contribution in [3.05, 3.63) is 71.2 Å². The van der Waals surface area contributed by atoms with Crippen LogP contribution in [0, 0.1) is 0 Å². The second-order valence-corrected chi connectivity index (χ2v) is 5.91. The number of fused-ring (bicyclic) bond motifs is 1. The zero-order valence-corrected chi connectivity index (χ0v) is 14.1. The van der Waals surface area contributed by atoms with Crippen molar-refractivity contribution in [3.8, 4) is 5.75 Å². The third-order valence-corrected chi connectivity index (χ3v) is 4.01. The van der Waals surface area contributed by atoms with Crippen LogP contribution in [0.4, 0.5) is 18.9 Å². The van der Waals surface area contributed by atoms with Gasteiger partial charge < -0.3 is 10.1 Å². The molecule has 3 aromatic rings. The molecule has 26 heavy (non-hydrogen) atoms. The average Bonchev–Trinajstić information content (AvgIpc) is 2.61. The molecule has 0 heterocycles. The lowest BCUT2D eigenvalue weighted by Crippen LogP contribution is -2.20. The Balaban J connectivity index is 1.71. The van der Waals surface area contributed by atoms with Crippen LogP contribution in [0.25, 0.3) is 10.8 Å². The molecule has 0 saturated heterocycles. The molecule has 0 aromatic heterocycles. The molecule has 0 aliphatic rings. The quantitative estimate of drug-likeness (QED) is 0.647. The molecule has 1 amide bonds. The first-order chi connectivity index (χ1) is 12.3. The van der Waals surface area contributed by atoms with E-state index in [0.29, 0.717) is 5.75 Å². The number of halogens is 4. The van der Waals surface area contributed by atoms with Gasteiger partial charge in [-0.05, 0) is 29.7 Å². The van der Waals surface area contributed by atoms with Crippen molar-refractivity contribution in [2.75, 3.05) is 11.9 Å². The number of carbonyl (C=O) groups is 1. The molecule has 0 saturated carbocycles. The summed E-state index contributed by atoms with van der Waals surface area (Å²) in [5.41, 5.74) is -1.01. The summed E-state index contributed by atoms with van der Waals surface area (Å²) in [4.78, 5) is 12.1. The van der Waals surface area contributed by atoms with E-state index in [-0.39, 0.29) is 17.3 Å². The number of anilines is 1. The van der Waals surface area contributed by atoms with E-state index >= 15 is 0 Å². The number of carbonyl (C=O) groups excluding carboxylic acids is 1. The van der Waals surface area contributed by atoms with Crippen LogP contribution in [0.15, 0.2) is 60.7 Å². The Labute approximate surface area is 152 Å². The molecular weight excluding hydrogens is 367 g/mol. The highest BCUT2D eigenvalue weighted by atomic mass is 35.5. The molecule has 0 aliphatic carbocycles. The van der Waals surface area contributed by atoms with E-state index in [4.69, 9.17) is 16.3 Å². The highest BCUT2D eigenvalue weighted by Gasteiger charge is 2.31. The number of amides is 1. The predicted octanol–water partition coefficient (Wildman–Crippen LogP) is 5.53. The molecule has 7 heteroatoms. The molecule has 0 atom stereocenters. The van der Waals surface area contributed by atoms with Crippen molar-refractivity contribution in [2.24, 2.45) is 0 Å². The third-order valence-electron chi connectivity index (χ3n) is 3.68. The van der Waals surface area contributed by atoms with Crippen molar-refractivity contribution in [1.82, 2.24) is 0 Å². The lowest BCUT2D eigenvalue weighted by molar-refractivity contribution is -0.137. The van der Waals surface area contributed by atoms with Crippen molar-refractivity contribution in [2.45, 2.75) is 6.18 Å². The van der Waals surface area contributed by atoms with Gasteiger partial charge in [-0.25, -0.2) is 0 Å². The summed E-state index contributed by atoms with van der Waals surface area (Å²) in [6, 6.07) is 15.6. The minimum absolute atomic E-state index is 0.0107. The van der Waals surface area contributed by atoms with Crippen LogP contribution < -0.4 is 10.1 Å². The second kappa shape index (κ2) is 7.25. The Kier molecular flexibility index (Phi) is 5.04. The maximum Gasteiger partial charge on any atom is 0.416 e. The number of nitrogens with one attached hydrogen (secondary N) is 1. The SMILES string of the molecule is O=C(COc1cccc2ccccc12)Nc1cc(C(F)(F)F)ccc1Cl. The monoisotopic (exact) mass is 379 g/mol. The Morgan fingerprint density at radius 2 is 1.77 bits per heavy atom. The van der Waals surface area contributed by atoms with Gasteiger partial charge in [-0.1, -0.05) is 48.0 Å². The van der Waals surface area contributed by atoms with Crippen molar-refractivity contribution >= 4 is 34.0 Å². The summed E-state index contributed by atoms with van der Waals surface area (Å²) in [5, 5.41) is 4.14. The zero-order valence-electron chi connectivity index (χ0n) is 13.3. The minimum atomic E-state index is -4.52. The molecule has 3 nitrogen and oxygen atoms in total. The molecule has 0 aliphatic heterocycles. The standard InChI is InChI=1S/C19H13ClF3NO2/c20-15-9-8-13(19(21,22)23)10-16(15)24-18(25)11-26-17-7-3-5-12-4-1-2-6-14(12)17/h1-10H,11H2,(H,24,25). The first-order valence-electron chi connectivity index (χ1n) is 7.62. The van der Waals surface area contributed by atoms with E-state index in [2.05, 4.69) is 5.32 Å². The van der Waals surface area contributed by atoms with Crippen LogP contribution in [0.3, 0.4) is 0 Å². The summed E-state index contributed by atoms with van der Waals surface area (Å²) in [5.74, 6) is -0.104. The van der Waals surface area contributed by atoms with Gasteiger partial charge in [-0.15, -0.1) is 0 Å². The topological polar surface area (TPSA) is 38.3 Å². The van der Waals surface area contributed by atoms with Crippen LogP contribution in [0.2, 0.25) is 5.02 Å². The summed E-state index contributed by atoms with van der Waals surface area (Å²) in [7, 11) is 0. The van der Waals surface area contributed by atoms with Gasteiger partial charge in [0.1, 0.15) is 5.75 Å². The lowest BCUT2D eigenvalue weighted by Gasteiger charge is -2.13. The Morgan fingerprint density at radius 1 is 1.04 bits per heavy atom. The van der Waals surface area contributed by atoms with Crippen molar-refractivity contribution < 1.29 is 22.7 Å². The van der Waals surface area contributed by atoms with Gasteiger partial charge in [0.05, 0.1) is 16.3 Å². The molecule has 3 aromatic carbocycles. The zero-order chi connectivity index (χ0) is 18.7. The Bertz CT molecular complexity index is 952. The molecule has 1 N–H and O–H groups in total. The van der Waals surface area contributed by atoms with Crippen LogP contribution >= 0.6 is 11.6 Å². The Morgan fingerprint density at radius 3 is 2.54 bits per heavy atom. The van der Waals surface area contributed by atoms with E-state index < -0.39 is 17.6 Å². The molecule has 134 valence electrons. The molecule has 0 spiro atoms. The molecule has 0 fully saturated rings. The molecular formula is C19H13ClF3NO2. The van der Waals surface area contributed by atoms with Crippen LogP contribution in [-0.2, 0) is 11.0 Å². The molecule has 0 bridgehead atoms. The highest BCUT2D eigenvalue weighted by Crippen LogP contribution is 2.33. The first-order valence-corrected chi connectivity index (χ1v) is 7.99. The first kappa shape index (κ1) is 18.1. The summed E-state index contributed by atoms with van der Waals surface area (Å²) >= 11 is 5.86. The van der Waals surface area contributed by atoms with Gasteiger partial charge in [0.25, 0.3) is 5.91 Å². The average molecular weight is 380 g/mol. The summed E-state index contributed by atoms with van der Waals surface area (Å²) < 4.78 is 43.8. The van der Waals surface area contributed by atoms with Gasteiger partial charge in [-0.2, -0.15) is 13.2 Å². The maximum absolute atomic E-state index is 12.8. The molecule has 0 radical (unpaired) electrons. The number of hydrogen-bond acceptors (Lipinski definition) is 2. The third kappa shape index (κ3) is 4.08. The minimum Gasteiger partial charge on any atom is -0.483 e. The number of ether oxygens (including phenoxy) is 1. The number of hydrogen-bond donors (Lipinski definition) is 1. The van der Waals surface area contributed by atoms with Crippen molar-refractivity contribution in [1.29, 1.82) is 0 Å². The van der Waals surface area contributed by atoms with E-state index in [9.17, 15) is 18.0 Å². The van der Waals surface area contributed by atoms with Crippen LogP contribution in [0.5, 0.6) is 5.75 Å². The molecule has 3 rings (SSSR count). The fourth-order valence-electron chi connectivity index (χ4n) is 2.45.